The third-order valence-electron chi connectivity index (χ3n) is 7.07. The fraction of sp³-hybridized carbons (Fsp3) is 0.241. The van der Waals surface area contributed by atoms with Crippen LogP contribution in [0.5, 0.6) is 0 Å². The number of aliphatic imine (C=N–C) groups is 1. The van der Waals surface area contributed by atoms with Crippen molar-refractivity contribution < 1.29 is 14.7 Å². The maximum Gasteiger partial charge on any atom is 0.353 e. The Hall–Kier alpha value is -5.01. The number of carboxylic acid groups (broad SMARTS) is 1. The number of nitrogens with two attached hydrogens (primary N) is 3. The molecule has 8 N–H and O–H groups in total. The Morgan fingerprint density at radius 1 is 1.21 bits per heavy atom. The van der Waals surface area contributed by atoms with Gasteiger partial charge in [-0.15, -0.1) is 0 Å². The first-order chi connectivity index (χ1) is 20.5. The number of rotatable bonds is 5. The second-order valence-electron chi connectivity index (χ2n) is 9.94. The molecule has 0 aliphatic carbocycles. The van der Waals surface area contributed by atoms with Crippen molar-refractivity contribution in [1.82, 2.24) is 19.9 Å². The Morgan fingerprint density at radius 2 is 1.98 bits per heavy atom. The second-order valence-corrected chi connectivity index (χ2v) is 10.4. The number of carboxylic acids is 1. The van der Waals surface area contributed by atoms with Crippen LogP contribution < -0.4 is 33.2 Å². The number of amides is 1. The number of aliphatic carboxylic acids is 1. The van der Waals surface area contributed by atoms with E-state index in [2.05, 4.69) is 20.3 Å². The summed E-state index contributed by atoms with van der Waals surface area (Å²) in [5, 5.41) is 13.4. The van der Waals surface area contributed by atoms with Crippen molar-refractivity contribution in [3.63, 3.8) is 0 Å². The number of carbonyl (C=O) groups excluding carboxylic acids is 1. The van der Waals surface area contributed by atoms with E-state index in [1.165, 1.54) is 23.2 Å². The second kappa shape index (κ2) is 13.3. The molecule has 2 aromatic heterocycles. The first-order valence-electron chi connectivity index (χ1n) is 13.3. The van der Waals surface area contributed by atoms with Crippen LogP contribution in [0.2, 0.25) is 5.02 Å². The first-order valence-corrected chi connectivity index (χ1v) is 13.7. The minimum absolute atomic E-state index is 0.182. The number of pyridine rings is 1. The van der Waals surface area contributed by atoms with Gasteiger partial charge in [-0.1, -0.05) is 24.9 Å². The molecule has 0 saturated heterocycles. The molecular weight excluding hydrogens is 574 g/mol. The standard InChI is InChI=1S/C29H32ClN9O4/c1-16-4-3-5-25(22-10-17(8-9-35-22)27(34-2)23(13-31)37-28(16)41)38-15-36-21(12-26(38)40)19-11-18(30)6-7-24(19)39(33)14-20(32)29(42)43/h6-16,25H,3-5,31-33H2,1-2H3,(H,37,41)(H,42,43)/b20-14-,23-13?,34-27?. The van der Waals surface area contributed by atoms with Crippen LogP contribution in [0, 0.1) is 5.92 Å². The zero-order chi connectivity index (χ0) is 31.3. The molecule has 1 aromatic carbocycles. The van der Waals surface area contributed by atoms with Gasteiger partial charge in [-0.2, -0.15) is 0 Å². The zero-order valence-corrected chi connectivity index (χ0v) is 24.3. The number of hydrogen-bond donors (Lipinski definition) is 5. The summed E-state index contributed by atoms with van der Waals surface area (Å²) in [6.45, 7) is 1.83. The minimum Gasteiger partial charge on any atom is -0.477 e. The molecule has 43 heavy (non-hydrogen) atoms. The smallest absolute Gasteiger partial charge is 0.353 e. The molecule has 2 bridgehead atoms. The first kappa shape index (κ1) is 30.9. The molecule has 0 fully saturated rings. The third kappa shape index (κ3) is 6.90. The summed E-state index contributed by atoms with van der Waals surface area (Å²) in [6, 6.07) is 9.10. The number of halogens is 1. The molecule has 2 atom stereocenters. The zero-order valence-electron chi connectivity index (χ0n) is 23.6. The van der Waals surface area contributed by atoms with Crippen molar-refractivity contribution in [3.8, 4) is 11.3 Å². The number of nitrogens with zero attached hydrogens (tertiary/aromatic N) is 5. The normalized spacial score (nSPS) is 19.8. The molecule has 224 valence electrons. The quantitative estimate of drug-likeness (QED) is 0.163. The molecule has 1 aliphatic rings. The van der Waals surface area contributed by atoms with Crippen molar-refractivity contribution >= 4 is 34.9 Å². The van der Waals surface area contributed by atoms with Crippen LogP contribution in [0.3, 0.4) is 0 Å². The van der Waals surface area contributed by atoms with Gasteiger partial charge in [-0.3, -0.25) is 29.1 Å². The van der Waals surface area contributed by atoms with E-state index in [-0.39, 0.29) is 23.1 Å². The van der Waals surface area contributed by atoms with E-state index in [0.717, 1.165) is 11.2 Å². The van der Waals surface area contributed by atoms with Crippen LogP contribution in [0.15, 0.2) is 82.5 Å². The lowest BCUT2D eigenvalue weighted by atomic mass is 9.96. The Kier molecular flexibility index (Phi) is 9.58. The molecule has 4 rings (SSSR count). The van der Waals surface area contributed by atoms with Gasteiger partial charge in [0, 0.05) is 47.6 Å². The Balaban J connectivity index is 1.80. The Morgan fingerprint density at radius 3 is 2.65 bits per heavy atom. The SMILES string of the molecule is CN=C1C(=CN)NC(=O)C(C)CCCC(n2cnc(-c3cc(Cl)ccc3N(N)/C=C(\N)C(=O)O)cc2=O)c2cc1ccn2. The molecule has 13 nitrogen and oxygen atoms in total. The summed E-state index contributed by atoms with van der Waals surface area (Å²) in [4.78, 5) is 51.2. The number of carbonyl (C=O) groups is 2. The van der Waals surface area contributed by atoms with Crippen LogP contribution in [-0.2, 0) is 9.59 Å². The lowest BCUT2D eigenvalue weighted by molar-refractivity contribution is -0.132. The molecular formula is C29H32ClN9O4. The van der Waals surface area contributed by atoms with E-state index in [1.807, 2.05) is 13.0 Å². The van der Waals surface area contributed by atoms with Crippen molar-refractivity contribution in [1.29, 1.82) is 0 Å². The van der Waals surface area contributed by atoms with Crippen molar-refractivity contribution in [3.05, 3.63) is 99.4 Å². The average Bonchev–Trinajstić information content (AvgIpc) is 2.98. The molecule has 14 heteroatoms. The summed E-state index contributed by atoms with van der Waals surface area (Å²) in [5.41, 5.74) is 13.6. The van der Waals surface area contributed by atoms with Gasteiger partial charge >= 0.3 is 5.97 Å². The number of hydrazine groups is 1. The summed E-state index contributed by atoms with van der Waals surface area (Å²) < 4.78 is 1.49. The van der Waals surface area contributed by atoms with E-state index in [0.29, 0.717) is 58.2 Å². The van der Waals surface area contributed by atoms with Gasteiger partial charge in [0.15, 0.2) is 0 Å². The summed E-state index contributed by atoms with van der Waals surface area (Å²) in [5.74, 6) is 4.25. The van der Waals surface area contributed by atoms with Gasteiger partial charge in [0.05, 0.1) is 47.1 Å². The number of hydrogen-bond acceptors (Lipinski definition) is 10. The maximum atomic E-state index is 13.6. The fourth-order valence-electron chi connectivity index (χ4n) is 4.80. The van der Waals surface area contributed by atoms with Gasteiger partial charge in [0.2, 0.25) is 5.91 Å². The molecule has 3 aromatic rings. The summed E-state index contributed by atoms with van der Waals surface area (Å²) in [7, 11) is 1.60. The van der Waals surface area contributed by atoms with Crippen molar-refractivity contribution in [2.75, 3.05) is 12.1 Å². The number of allylic oxidation sites excluding steroid dienone is 1. The molecule has 1 amide bonds. The number of aromatic nitrogens is 3. The number of benzene rings is 1. The minimum atomic E-state index is -1.34. The van der Waals surface area contributed by atoms with Crippen LogP contribution in [-0.4, -0.2) is 44.3 Å². The van der Waals surface area contributed by atoms with Gasteiger partial charge < -0.3 is 21.9 Å². The average molecular weight is 606 g/mol. The van der Waals surface area contributed by atoms with E-state index < -0.39 is 17.7 Å². The number of anilines is 1. The predicted octanol–water partition coefficient (Wildman–Crippen LogP) is 2.27. The Bertz CT molecular complexity index is 1700. The molecule has 2 unspecified atom stereocenters. The lowest BCUT2D eigenvalue weighted by Gasteiger charge is -2.23. The van der Waals surface area contributed by atoms with Crippen molar-refractivity contribution in [2.24, 2.45) is 28.2 Å². The Labute approximate surface area is 252 Å². The highest BCUT2D eigenvalue weighted by Crippen LogP contribution is 2.32. The van der Waals surface area contributed by atoms with Gasteiger partial charge in [0.1, 0.15) is 5.70 Å². The molecule has 0 spiro atoms. The highest BCUT2D eigenvalue weighted by molar-refractivity contribution is 6.31. The largest absolute Gasteiger partial charge is 0.477 e. The maximum absolute atomic E-state index is 13.6. The van der Waals surface area contributed by atoms with E-state index >= 15 is 0 Å². The van der Waals surface area contributed by atoms with Crippen LogP contribution in [0.1, 0.15) is 43.5 Å². The molecule has 1 aliphatic heterocycles. The van der Waals surface area contributed by atoms with Gasteiger partial charge in [0.25, 0.3) is 5.56 Å². The molecule has 0 radical (unpaired) electrons. The van der Waals surface area contributed by atoms with Gasteiger partial charge in [-0.25, -0.2) is 15.6 Å². The van der Waals surface area contributed by atoms with E-state index in [1.54, 1.807) is 37.5 Å². The number of fused-ring (bicyclic) bond motifs is 2. The van der Waals surface area contributed by atoms with Crippen LogP contribution >= 0.6 is 11.6 Å². The topological polar surface area (TPSA) is 208 Å². The molecule has 0 saturated carbocycles. The monoisotopic (exact) mass is 605 g/mol. The highest BCUT2D eigenvalue weighted by atomic mass is 35.5. The van der Waals surface area contributed by atoms with Gasteiger partial charge in [-0.05, 0) is 43.2 Å². The van der Waals surface area contributed by atoms with Crippen molar-refractivity contribution in [2.45, 2.75) is 32.2 Å². The van der Waals surface area contributed by atoms with E-state index in [9.17, 15) is 14.4 Å². The van der Waals surface area contributed by atoms with E-state index in [4.69, 9.17) is 34.0 Å². The third-order valence-corrected chi connectivity index (χ3v) is 7.31. The summed E-state index contributed by atoms with van der Waals surface area (Å²) >= 11 is 6.25. The predicted molar refractivity (Wildman–Crippen MR) is 164 cm³/mol. The fourth-order valence-corrected chi connectivity index (χ4v) is 4.97. The lowest BCUT2D eigenvalue weighted by Crippen LogP contribution is -2.33. The summed E-state index contributed by atoms with van der Waals surface area (Å²) in [6.07, 6.45) is 7.07. The highest BCUT2D eigenvalue weighted by Gasteiger charge is 2.24. The molecule has 3 heterocycles. The van der Waals surface area contributed by atoms with Crippen LogP contribution in [0.4, 0.5) is 5.69 Å². The number of nitrogens with one attached hydrogen (secondary N) is 1. The van der Waals surface area contributed by atoms with Crippen LogP contribution in [0.25, 0.3) is 11.3 Å².